The van der Waals surface area contributed by atoms with Crippen LogP contribution in [0.25, 0.3) is 0 Å². The Morgan fingerprint density at radius 1 is 1.03 bits per heavy atom. The lowest BCUT2D eigenvalue weighted by Gasteiger charge is -2.37. The summed E-state index contributed by atoms with van der Waals surface area (Å²) in [5, 5.41) is 10.9. The van der Waals surface area contributed by atoms with Gasteiger partial charge in [0.1, 0.15) is 0 Å². The van der Waals surface area contributed by atoms with Gasteiger partial charge in [0.25, 0.3) is 5.60 Å². The molecule has 1 aliphatic carbocycles. The monoisotopic (exact) mass is 540 g/mol. The first-order valence-corrected chi connectivity index (χ1v) is 12.3. The van der Waals surface area contributed by atoms with E-state index in [2.05, 4.69) is 15.0 Å². The summed E-state index contributed by atoms with van der Waals surface area (Å²) in [6, 6.07) is 5.43. The number of hydrogen-bond donors (Lipinski definition) is 2. The molecule has 0 atom stereocenters. The Balaban J connectivity index is 1.71. The van der Waals surface area contributed by atoms with Crippen LogP contribution in [0.1, 0.15) is 24.0 Å². The van der Waals surface area contributed by atoms with Crippen molar-refractivity contribution in [3.63, 3.8) is 0 Å². The number of pyridine rings is 1. The summed E-state index contributed by atoms with van der Waals surface area (Å²) in [6.45, 7) is -2.28. The first kappa shape index (κ1) is 27.9. The minimum Gasteiger partial charge on any atom is -0.394 e. The number of aliphatic hydroxyl groups is 1. The van der Waals surface area contributed by atoms with E-state index in [-0.39, 0.29) is 28.8 Å². The zero-order valence-corrected chi connectivity index (χ0v) is 19.4. The molecule has 7 nitrogen and oxygen atoms in total. The molecule has 14 heteroatoms. The van der Waals surface area contributed by atoms with Gasteiger partial charge in [-0.25, -0.2) is 13.4 Å². The number of benzene rings is 1. The van der Waals surface area contributed by atoms with E-state index in [0.717, 1.165) is 25.0 Å². The average molecular weight is 540 g/mol. The molecule has 1 saturated carbocycles. The lowest BCUT2D eigenvalue weighted by molar-refractivity contribution is -0.390. The van der Waals surface area contributed by atoms with Gasteiger partial charge in [0.2, 0.25) is 5.91 Å². The number of hydrogen-bond acceptors (Lipinski definition) is 6. The maximum atomic E-state index is 13.6. The molecule has 0 aliphatic heterocycles. The summed E-state index contributed by atoms with van der Waals surface area (Å²) in [5.74, 6) is -0.523. The van der Waals surface area contributed by atoms with Crippen LogP contribution in [-0.4, -0.2) is 55.7 Å². The van der Waals surface area contributed by atoms with Gasteiger partial charge in [-0.2, -0.15) is 26.3 Å². The maximum Gasteiger partial charge on any atom is 0.430 e. The number of amides is 1. The van der Waals surface area contributed by atoms with Gasteiger partial charge in [-0.15, -0.1) is 0 Å². The minimum atomic E-state index is -5.89. The van der Waals surface area contributed by atoms with Crippen molar-refractivity contribution in [2.75, 3.05) is 24.3 Å². The van der Waals surface area contributed by atoms with Crippen LogP contribution in [0.5, 0.6) is 0 Å². The van der Waals surface area contributed by atoms with Gasteiger partial charge in [0.15, 0.2) is 14.9 Å². The zero-order chi connectivity index (χ0) is 26.8. The van der Waals surface area contributed by atoms with E-state index >= 15 is 0 Å². The SMILES string of the molecule is O=C(Cc1ccc(S(=O)(=O)CC2CC2)nc1)Nc1ccc(C(OCCO)(C(F)(F)F)C(F)(F)F)cc1. The molecule has 198 valence electrons. The van der Waals surface area contributed by atoms with Crippen molar-refractivity contribution in [3.8, 4) is 0 Å². The standard InChI is InChI=1S/C22H22F6N2O5S/c23-21(24,25)20(22(26,27)28,35-10-9-31)16-4-6-17(7-5-16)30-18(32)11-15-3-8-19(29-12-15)36(33,34)13-14-1-2-14/h3-8,12,14,31H,1-2,9-11,13H2,(H,30,32). The van der Waals surface area contributed by atoms with Crippen LogP contribution in [0.2, 0.25) is 0 Å². The van der Waals surface area contributed by atoms with Crippen molar-refractivity contribution in [1.29, 1.82) is 0 Å². The van der Waals surface area contributed by atoms with Gasteiger partial charge >= 0.3 is 12.4 Å². The summed E-state index contributed by atoms with van der Waals surface area (Å²) in [6.07, 6.45) is -9.15. The second kappa shape index (κ2) is 10.3. The number of sulfone groups is 1. The second-order valence-electron chi connectivity index (χ2n) is 8.28. The molecule has 0 bridgehead atoms. The van der Waals surface area contributed by atoms with Crippen molar-refractivity contribution in [2.45, 2.75) is 42.2 Å². The number of rotatable bonds is 10. The highest BCUT2D eigenvalue weighted by atomic mass is 32.2. The van der Waals surface area contributed by atoms with Gasteiger partial charge in [0, 0.05) is 17.4 Å². The highest BCUT2D eigenvalue weighted by Crippen LogP contribution is 2.53. The first-order chi connectivity index (χ1) is 16.7. The molecule has 1 aromatic carbocycles. The summed E-state index contributed by atoms with van der Waals surface area (Å²) >= 11 is 0. The van der Waals surface area contributed by atoms with Gasteiger partial charge in [-0.3, -0.25) is 4.79 Å². The molecule has 3 rings (SSSR count). The Morgan fingerprint density at radius 2 is 1.64 bits per heavy atom. The number of anilines is 1. The normalized spacial score (nSPS) is 15.1. The van der Waals surface area contributed by atoms with Crippen LogP contribution in [0.15, 0.2) is 47.6 Å². The van der Waals surface area contributed by atoms with E-state index in [0.29, 0.717) is 17.7 Å². The topological polar surface area (TPSA) is 106 Å². The van der Waals surface area contributed by atoms with Crippen LogP contribution in [0.4, 0.5) is 32.0 Å². The molecule has 2 N–H and O–H groups in total. The van der Waals surface area contributed by atoms with Crippen molar-refractivity contribution in [3.05, 3.63) is 53.7 Å². The van der Waals surface area contributed by atoms with E-state index in [1.54, 1.807) is 0 Å². The zero-order valence-electron chi connectivity index (χ0n) is 18.6. The molecule has 1 heterocycles. The fourth-order valence-corrected chi connectivity index (χ4v) is 5.11. The van der Waals surface area contributed by atoms with Crippen molar-refractivity contribution >= 4 is 21.4 Å². The maximum absolute atomic E-state index is 13.6. The van der Waals surface area contributed by atoms with E-state index in [4.69, 9.17) is 5.11 Å². The molecule has 2 aromatic rings. The van der Waals surface area contributed by atoms with Gasteiger partial charge < -0.3 is 15.2 Å². The summed E-state index contributed by atoms with van der Waals surface area (Å²) < 4.78 is 110. The Morgan fingerprint density at radius 3 is 2.11 bits per heavy atom. The van der Waals surface area contributed by atoms with Crippen molar-refractivity contribution in [1.82, 2.24) is 4.98 Å². The van der Waals surface area contributed by atoms with Crippen molar-refractivity contribution < 1.29 is 49.4 Å². The molecule has 36 heavy (non-hydrogen) atoms. The Hall–Kier alpha value is -2.71. The Bertz CT molecular complexity index is 1150. The summed E-state index contributed by atoms with van der Waals surface area (Å²) in [4.78, 5) is 16.2. The van der Waals surface area contributed by atoms with Crippen LogP contribution < -0.4 is 5.32 Å². The second-order valence-corrected chi connectivity index (χ2v) is 10.3. The number of nitrogens with zero attached hydrogens (tertiary/aromatic N) is 1. The fraction of sp³-hybridized carbons (Fsp3) is 0.455. The highest BCUT2D eigenvalue weighted by molar-refractivity contribution is 7.91. The predicted octanol–water partition coefficient (Wildman–Crippen LogP) is 3.78. The van der Waals surface area contributed by atoms with Crippen LogP contribution >= 0.6 is 0 Å². The molecule has 0 spiro atoms. The quantitative estimate of drug-likeness (QED) is 0.445. The number of carbonyl (C=O) groups is 1. The molecular weight excluding hydrogens is 518 g/mol. The van der Waals surface area contributed by atoms with Gasteiger partial charge in [0.05, 0.1) is 25.4 Å². The lowest BCUT2D eigenvalue weighted by Crippen LogP contribution is -2.56. The minimum absolute atomic E-state index is 0.00479. The Kier molecular flexibility index (Phi) is 8.01. The lowest BCUT2D eigenvalue weighted by atomic mass is 9.91. The van der Waals surface area contributed by atoms with E-state index in [9.17, 15) is 39.6 Å². The third-order valence-corrected chi connectivity index (χ3v) is 7.21. The summed E-state index contributed by atoms with van der Waals surface area (Å²) in [5.41, 5.74) is -5.68. The smallest absolute Gasteiger partial charge is 0.394 e. The number of aliphatic hydroxyl groups excluding tert-OH is 1. The molecule has 1 fully saturated rings. The molecule has 1 amide bonds. The number of nitrogens with one attached hydrogen (secondary N) is 1. The van der Waals surface area contributed by atoms with Gasteiger partial charge in [-0.1, -0.05) is 18.2 Å². The number of aromatic nitrogens is 1. The molecule has 0 radical (unpaired) electrons. The Labute approximate surface area is 202 Å². The number of ether oxygens (including phenoxy) is 1. The molecule has 1 aliphatic rings. The molecule has 0 saturated heterocycles. The first-order valence-electron chi connectivity index (χ1n) is 10.7. The van der Waals surface area contributed by atoms with Crippen molar-refractivity contribution in [2.24, 2.45) is 5.92 Å². The van der Waals surface area contributed by atoms with Gasteiger partial charge in [-0.05, 0) is 42.5 Å². The molecular formula is C22H22F6N2O5S. The predicted molar refractivity (Wildman–Crippen MR) is 115 cm³/mol. The molecule has 1 aromatic heterocycles. The summed E-state index contributed by atoms with van der Waals surface area (Å²) in [7, 11) is -3.53. The fourth-order valence-electron chi connectivity index (χ4n) is 3.49. The van der Waals surface area contributed by atoms with Crippen LogP contribution in [0.3, 0.4) is 0 Å². The third-order valence-electron chi connectivity index (χ3n) is 5.42. The largest absolute Gasteiger partial charge is 0.430 e. The molecule has 0 unspecified atom stereocenters. The van der Waals surface area contributed by atoms with E-state index in [1.165, 1.54) is 18.3 Å². The van der Waals surface area contributed by atoms with Crippen LogP contribution in [0, 0.1) is 5.92 Å². The van der Waals surface area contributed by atoms with E-state index in [1.807, 2.05) is 0 Å². The average Bonchev–Trinajstić information content (AvgIpc) is 3.57. The number of halogens is 6. The number of carbonyl (C=O) groups excluding carboxylic acids is 1. The van der Waals surface area contributed by atoms with E-state index < -0.39 is 52.5 Å². The highest BCUT2D eigenvalue weighted by Gasteiger charge is 2.73. The van der Waals surface area contributed by atoms with Crippen LogP contribution in [-0.2, 0) is 31.4 Å². The third kappa shape index (κ3) is 6.16. The number of alkyl halides is 6.